The van der Waals surface area contributed by atoms with Gasteiger partial charge in [0.05, 0.1) is 5.52 Å². The summed E-state index contributed by atoms with van der Waals surface area (Å²) in [7, 11) is 2.07. The Hall–Kier alpha value is -0.930. The van der Waals surface area contributed by atoms with Crippen LogP contribution < -0.4 is 5.32 Å². The molecule has 1 aromatic carbocycles. The van der Waals surface area contributed by atoms with E-state index in [0.29, 0.717) is 12.0 Å². The van der Waals surface area contributed by atoms with Gasteiger partial charge in [-0.05, 0) is 72.3 Å². The molecule has 1 aliphatic carbocycles. The number of benzene rings is 1. The molecule has 1 aromatic heterocycles. The SMILES string of the molecule is CNC1CCC(c2cc3ccccc3nc2Br)CC1. The summed E-state index contributed by atoms with van der Waals surface area (Å²) in [6.07, 6.45) is 5.04. The average molecular weight is 319 g/mol. The number of pyridine rings is 1. The van der Waals surface area contributed by atoms with Crippen LogP contribution in [0.2, 0.25) is 0 Å². The summed E-state index contributed by atoms with van der Waals surface area (Å²) in [5, 5.41) is 4.64. The number of fused-ring (bicyclic) bond motifs is 1. The van der Waals surface area contributed by atoms with Crippen LogP contribution in [0, 0.1) is 0 Å². The van der Waals surface area contributed by atoms with E-state index in [1.807, 2.05) is 6.07 Å². The molecule has 0 spiro atoms. The van der Waals surface area contributed by atoms with E-state index in [1.54, 1.807) is 0 Å². The van der Waals surface area contributed by atoms with Crippen molar-refractivity contribution in [3.05, 3.63) is 40.5 Å². The Labute approximate surface area is 122 Å². The Bertz CT molecular complexity index is 574. The van der Waals surface area contributed by atoms with Crippen LogP contribution in [-0.2, 0) is 0 Å². The molecule has 0 amide bonds. The van der Waals surface area contributed by atoms with Crippen LogP contribution in [0.25, 0.3) is 10.9 Å². The lowest BCUT2D eigenvalue weighted by molar-refractivity contribution is 0.358. The maximum Gasteiger partial charge on any atom is 0.110 e. The first-order chi connectivity index (χ1) is 9.28. The molecule has 0 unspecified atom stereocenters. The third-order valence-corrected chi connectivity index (χ3v) is 4.91. The summed E-state index contributed by atoms with van der Waals surface area (Å²) in [5.41, 5.74) is 2.45. The minimum Gasteiger partial charge on any atom is -0.317 e. The maximum absolute atomic E-state index is 4.69. The average Bonchev–Trinajstić information content (AvgIpc) is 2.47. The Morgan fingerprint density at radius 1 is 1.16 bits per heavy atom. The number of nitrogens with one attached hydrogen (secondary N) is 1. The molecule has 19 heavy (non-hydrogen) atoms. The molecule has 0 atom stereocenters. The number of hydrogen-bond donors (Lipinski definition) is 1. The fourth-order valence-corrected chi connectivity index (χ4v) is 3.72. The monoisotopic (exact) mass is 318 g/mol. The van der Waals surface area contributed by atoms with Gasteiger partial charge in [-0.3, -0.25) is 0 Å². The smallest absolute Gasteiger partial charge is 0.110 e. The first kappa shape index (κ1) is 13.1. The van der Waals surface area contributed by atoms with Crippen molar-refractivity contribution in [1.29, 1.82) is 0 Å². The van der Waals surface area contributed by atoms with Crippen molar-refractivity contribution in [3.63, 3.8) is 0 Å². The Balaban J connectivity index is 1.90. The van der Waals surface area contributed by atoms with Gasteiger partial charge < -0.3 is 5.32 Å². The highest BCUT2D eigenvalue weighted by molar-refractivity contribution is 9.10. The van der Waals surface area contributed by atoms with Gasteiger partial charge in [0.25, 0.3) is 0 Å². The molecule has 2 nitrogen and oxygen atoms in total. The van der Waals surface area contributed by atoms with Crippen LogP contribution in [0.15, 0.2) is 34.9 Å². The molecule has 0 bridgehead atoms. The number of para-hydroxylation sites is 1. The summed E-state index contributed by atoms with van der Waals surface area (Å²) < 4.78 is 1.03. The standard InChI is InChI=1S/C16H19BrN2/c1-18-13-8-6-11(7-9-13)14-10-12-4-2-3-5-15(12)19-16(14)17/h2-5,10-11,13,18H,6-9H2,1H3. The summed E-state index contributed by atoms with van der Waals surface area (Å²) >= 11 is 3.66. The lowest BCUT2D eigenvalue weighted by atomic mass is 9.82. The highest BCUT2D eigenvalue weighted by Crippen LogP contribution is 2.37. The van der Waals surface area contributed by atoms with Crippen LogP contribution in [0.4, 0.5) is 0 Å². The first-order valence-electron chi connectivity index (χ1n) is 7.00. The van der Waals surface area contributed by atoms with E-state index < -0.39 is 0 Å². The van der Waals surface area contributed by atoms with Crippen LogP contribution in [-0.4, -0.2) is 18.1 Å². The van der Waals surface area contributed by atoms with E-state index in [9.17, 15) is 0 Å². The molecule has 3 heteroatoms. The van der Waals surface area contributed by atoms with E-state index in [1.165, 1.54) is 36.6 Å². The molecule has 0 radical (unpaired) electrons. The molecule has 0 aliphatic heterocycles. The van der Waals surface area contributed by atoms with E-state index in [0.717, 1.165) is 10.1 Å². The maximum atomic E-state index is 4.69. The fourth-order valence-electron chi connectivity index (χ4n) is 3.09. The summed E-state index contributed by atoms with van der Waals surface area (Å²) in [4.78, 5) is 4.69. The van der Waals surface area contributed by atoms with Crippen LogP contribution >= 0.6 is 15.9 Å². The van der Waals surface area contributed by atoms with E-state index in [-0.39, 0.29) is 0 Å². The summed E-state index contributed by atoms with van der Waals surface area (Å²) in [6.45, 7) is 0. The van der Waals surface area contributed by atoms with Gasteiger partial charge in [0, 0.05) is 11.4 Å². The summed E-state index contributed by atoms with van der Waals surface area (Å²) in [5.74, 6) is 0.649. The van der Waals surface area contributed by atoms with Gasteiger partial charge in [0.15, 0.2) is 0 Å². The molecule has 3 rings (SSSR count). The second-order valence-electron chi connectivity index (χ2n) is 5.40. The topological polar surface area (TPSA) is 24.9 Å². The highest BCUT2D eigenvalue weighted by Gasteiger charge is 2.23. The second-order valence-corrected chi connectivity index (χ2v) is 6.15. The van der Waals surface area contributed by atoms with Crippen molar-refractivity contribution < 1.29 is 0 Å². The number of aromatic nitrogens is 1. The van der Waals surface area contributed by atoms with Gasteiger partial charge in [-0.25, -0.2) is 4.98 Å². The molecule has 2 aromatic rings. The van der Waals surface area contributed by atoms with Gasteiger partial charge in [0.2, 0.25) is 0 Å². The molecule has 1 fully saturated rings. The van der Waals surface area contributed by atoms with Gasteiger partial charge in [-0.1, -0.05) is 18.2 Å². The number of hydrogen-bond acceptors (Lipinski definition) is 2. The molecule has 1 aliphatic rings. The number of halogens is 1. The minimum atomic E-state index is 0.649. The number of nitrogens with zero attached hydrogens (tertiary/aromatic N) is 1. The zero-order valence-corrected chi connectivity index (χ0v) is 12.8. The van der Waals surface area contributed by atoms with Crippen molar-refractivity contribution in [2.24, 2.45) is 0 Å². The molecule has 100 valence electrons. The molecule has 1 N–H and O–H groups in total. The lowest BCUT2D eigenvalue weighted by Gasteiger charge is -2.29. The van der Waals surface area contributed by atoms with Crippen LogP contribution in [0.5, 0.6) is 0 Å². The van der Waals surface area contributed by atoms with E-state index >= 15 is 0 Å². The lowest BCUT2D eigenvalue weighted by Crippen LogP contribution is -2.29. The third-order valence-electron chi connectivity index (χ3n) is 4.28. The minimum absolute atomic E-state index is 0.649. The van der Waals surface area contributed by atoms with Crippen molar-refractivity contribution in [3.8, 4) is 0 Å². The zero-order valence-electron chi connectivity index (χ0n) is 11.2. The van der Waals surface area contributed by atoms with E-state index in [2.05, 4.69) is 52.6 Å². The largest absolute Gasteiger partial charge is 0.317 e. The van der Waals surface area contributed by atoms with Gasteiger partial charge in [0.1, 0.15) is 4.60 Å². The Morgan fingerprint density at radius 3 is 2.63 bits per heavy atom. The Morgan fingerprint density at radius 2 is 1.89 bits per heavy atom. The fraction of sp³-hybridized carbons (Fsp3) is 0.438. The predicted molar refractivity (Wildman–Crippen MR) is 83.5 cm³/mol. The first-order valence-corrected chi connectivity index (χ1v) is 7.79. The molecular weight excluding hydrogens is 300 g/mol. The second kappa shape index (κ2) is 5.59. The summed E-state index contributed by atoms with van der Waals surface area (Å²) in [6, 6.07) is 11.4. The molecular formula is C16H19BrN2. The van der Waals surface area contributed by atoms with Crippen molar-refractivity contribution in [2.75, 3.05) is 7.05 Å². The van der Waals surface area contributed by atoms with Gasteiger partial charge >= 0.3 is 0 Å². The van der Waals surface area contributed by atoms with Crippen molar-refractivity contribution in [1.82, 2.24) is 10.3 Å². The molecule has 0 saturated heterocycles. The molecule has 1 heterocycles. The van der Waals surface area contributed by atoms with Crippen molar-refractivity contribution in [2.45, 2.75) is 37.6 Å². The van der Waals surface area contributed by atoms with Crippen LogP contribution in [0.1, 0.15) is 37.2 Å². The normalized spacial score (nSPS) is 23.7. The van der Waals surface area contributed by atoms with Crippen LogP contribution in [0.3, 0.4) is 0 Å². The Kier molecular flexibility index (Phi) is 3.85. The zero-order chi connectivity index (χ0) is 13.2. The molecule has 1 saturated carbocycles. The van der Waals surface area contributed by atoms with Crippen molar-refractivity contribution >= 4 is 26.8 Å². The number of rotatable bonds is 2. The van der Waals surface area contributed by atoms with Gasteiger partial charge in [-0.2, -0.15) is 0 Å². The quantitative estimate of drug-likeness (QED) is 0.837. The van der Waals surface area contributed by atoms with E-state index in [4.69, 9.17) is 4.98 Å². The highest BCUT2D eigenvalue weighted by atomic mass is 79.9. The predicted octanol–water partition coefficient (Wildman–Crippen LogP) is 4.24. The third kappa shape index (κ3) is 2.67. The van der Waals surface area contributed by atoms with Gasteiger partial charge in [-0.15, -0.1) is 0 Å².